The molecule has 0 aliphatic carbocycles. The maximum atomic E-state index is 11.7. The van der Waals surface area contributed by atoms with Crippen molar-refractivity contribution in [1.82, 2.24) is 0 Å². The lowest BCUT2D eigenvalue weighted by molar-refractivity contribution is -0.385. The Morgan fingerprint density at radius 1 is 1.25 bits per heavy atom. The molecule has 0 atom stereocenters. The largest absolute Gasteiger partial charge is 0.468 e. The standard InChI is InChI=1S/C12H12BrNO6/c1-6-4-9(14(17)18)7(5-8(6)13)10(11(15)19-2)12(16)20-3/h4-5,10H,1-3H3. The third-order valence-electron chi connectivity index (χ3n) is 2.69. The summed E-state index contributed by atoms with van der Waals surface area (Å²) in [6, 6.07) is 2.63. The summed E-state index contributed by atoms with van der Waals surface area (Å²) in [7, 11) is 2.18. The van der Waals surface area contributed by atoms with Gasteiger partial charge in [-0.15, -0.1) is 0 Å². The lowest BCUT2D eigenvalue weighted by Crippen LogP contribution is -2.25. The molecule has 20 heavy (non-hydrogen) atoms. The molecule has 1 rings (SSSR count). The first-order valence-electron chi connectivity index (χ1n) is 5.43. The molecule has 7 nitrogen and oxygen atoms in total. The van der Waals surface area contributed by atoms with E-state index in [1.807, 2.05) is 0 Å². The molecule has 0 amide bonds. The second-order valence-corrected chi connectivity index (χ2v) is 4.75. The summed E-state index contributed by atoms with van der Waals surface area (Å²) in [5.41, 5.74) is 0.187. The number of nitrogens with zero attached hydrogens (tertiary/aromatic N) is 1. The zero-order valence-electron chi connectivity index (χ0n) is 11.0. The second kappa shape index (κ2) is 6.47. The first-order chi connectivity index (χ1) is 9.33. The number of carbonyl (C=O) groups is 2. The summed E-state index contributed by atoms with van der Waals surface area (Å²) in [5, 5.41) is 11.1. The number of benzene rings is 1. The van der Waals surface area contributed by atoms with E-state index in [0.717, 1.165) is 14.2 Å². The van der Waals surface area contributed by atoms with Gasteiger partial charge in [0.1, 0.15) is 0 Å². The Hall–Kier alpha value is -1.96. The number of methoxy groups -OCH3 is 2. The number of aryl methyl sites for hydroxylation is 1. The van der Waals surface area contributed by atoms with E-state index in [9.17, 15) is 19.7 Å². The van der Waals surface area contributed by atoms with Gasteiger partial charge in [-0.2, -0.15) is 0 Å². The van der Waals surface area contributed by atoms with Gasteiger partial charge in [0.2, 0.25) is 0 Å². The molecular weight excluding hydrogens is 334 g/mol. The van der Waals surface area contributed by atoms with Crippen LogP contribution >= 0.6 is 15.9 Å². The fourth-order valence-corrected chi connectivity index (χ4v) is 2.02. The van der Waals surface area contributed by atoms with Crippen LogP contribution in [0.3, 0.4) is 0 Å². The van der Waals surface area contributed by atoms with Gasteiger partial charge in [-0.3, -0.25) is 19.7 Å². The molecular formula is C12H12BrNO6. The Kier molecular flexibility index (Phi) is 5.20. The first kappa shape index (κ1) is 16.1. The molecule has 0 saturated heterocycles. The molecule has 0 radical (unpaired) electrons. The minimum atomic E-state index is -1.50. The van der Waals surface area contributed by atoms with Crippen LogP contribution in [0.2, 0.25) is 0 Å². The molecule has 8 heteroatoms. The fraction of sp³-hybridized carbons (Fsp3) is 0.333. The van der Waals surface area contributed by atoms with Crippen molar-refractivity contribution < 1.29 is 24.0 Å². The van der Waals surface area contributed by atoms with Gasteiger partial charge in [0.25, 0.3) is 5.69 Å². The van der Waals surface area contributed by atoms with Crippen molar-refractivity contribution in [3.8, 4) is 0 Å². The molecule has 0 aliphatic heterocycles. The summed E-state index contributed by atoms with van der Waals surface area (Å²) < 4.78 is 9.57. The number of hydrogen-bond acceptors (Lipinski definition) is 6. The predicted molar refractivity (Wildman–Crippen MR) is 72.3 cm³/mol. The Balaban J connectivity index is 3.54. The summed E-state index contributed by atoms with van der Waals surface area (Å²) >= 11 is 3.21. The minimum absolute atomic E-state index is 0.0776. The Bertz CT molecular complexity index is 555. The van der Waals surface area contributed by atoms with E-state index in [1.165, 1.54) is 12.1 Å². The second-order valence-electron chi connectivity index (χ2n) is 3.90. The molecule has 0 bridgehead atoms. The molecule has 0 spiro atoms. The number of ether oxygens (including phenoxy) is 2. The van der Waals surface area contributed by atoms with Crippen molar-refractivity contribution in [2.45, 2.75) is 12.8 Å². The van der Waals surface area contributed by atoms with Crippen LogP contribution in [0.25, 0.3) is 0 Å². The molecule has 108 valence electrons. The van der Waals surface area contributed by atoms with Crippen molar-refractivity contribution in [3.63, 3.8) is 0 Å². The van der Waals surface area contributed by atoms with E-state index < -0.39 is 22.8 Å². The Morgan fingerprint density at radius 2 is 1.75 bits per heavy atom. The number of rotatable bonds is 4. The summed E-state index contributed by atoms with van der Waals surface area (Å²) in [5.74, 6) is -3.34. The van der Waals surface area contributed by atoms with E-state index in [-0.39, 0.29) is 11.3 Å². The van der Waals surface area contributed by atoms with Gasteiger partial charge in [-0.05, 0) is 18.6 Å². The van der Waals surface area contributed by atoms with E-state index in [2.05, 4.69) is 25.4 Å². The van der Waals surface area contributed by atoms with Gasteiger partial charge < -0.3 is 9.47 Å². The van der Waals surface area contributed by atoms with Gasteiger partial charge in [0, 0.05) is 10.5 Å². The summed E-state index contributed by atoms with van der Waals surface area (Å²) in [4.78, 5) is 33.9. The van der Waals surface area contributed by atoms with Crippen LogP contribution in [0.5, 0.6) is 0 Å². The fourth-order valence-electron chi connectivity index (χ4n) is 1.66. The highest BCUT2D eigenvalue weighted by Crippen LogP contribution is 2.33. The molecule has 1 aromatic carbocycles. The van der Waals surface area contributed by atoms with Crippen LogP contribution < -0.4 is 0 Å². The van der Waals surface area contributed by atoms with E-state index in [4.69, 9.17) is 0 Å². The van der Waals surface area contributed by atoms with E-state index in [0.29, 0.717) is 10.0 Å². The van der Waals surface area contributed by atoms with Crippen LogP contribution in [0.1, 0.15) is 17.0 Å². The normalized spacial score (nSPS) is 10.2. The smallest absolute Gasteiger partial charge is 0.324 e. The van der Waals surface area contributed by atoms with Gasteiger partial charge in [0.15, 0.2) is 5.92 Å². The highest BCUT2D eigenvalue weighted by Gasteiger charge is 2.36. The first-order valence-corrected chi connectivity index (χ1v) is 6.22. The van der Waals surface area contributed by atoms with Crippen molar-refractivity contribution >= 4 is 33.6 Å². The SMILES string of the molecule is COC(=O)C(C(=O)OC)c1cc(Br)c(C)cc1[N+](=O)[O-]. The molecule has 0 unspecified atom stereocenters. The monoisotopic (exact) mass is 345 g/mol. The summed E-state index contributed by atoms with van der Waals surface area (Å²) in [6.07, 6.45) is 0. The number of nitro groups is 1. The highest BCUT2D eigenvalue weighted by molar-refractivity contribution is 9.10. The van der Waals surface area contributed by atoms with Crippen LogP contribution in [-0.2, 0) is 19.1 Å². The number of hydrogen-bond donors (Lipinski definition) is 0. The van der Waals surface area contributed by atoms with Crippen molar-refractivity contribution in [3.05, 3.63) is 37.8 Å². The number of esters is 2. The highest BCUT2D eigenvalue weighted by atomic mass is 79.9. The topological polar surface area (TPSA) is 95.7 Å². The molecule has 0 fully saturated rings. The lowest BCUT2D eigenvalue weighted by Gasteiger charge is -2.14. The van der Waals surface area contributed by atoms with Crippen LogP contribution in [0.15, 0.2) is 16.6 Å². The molecule has 0 aromatic heterocycles. The zero-order valence-corrected chi connectivity index (χ0v) is 12.6. The van der Waals surface area contributed by atoms with Gasteiger partial charge in [-0.1, -0.05) is 15.9 Å². The van der Waals surface area contributed by atoms with Gasteiger partial charge in [-0.25, -0.2) is 0 Å². The lowest BCUT2D eigenvalue weighted by atomic mass is 9.96. The zero-order chi connectivity index (χ0) is 15.4. The van der Waals surface area contributed by atoms with Crippen molar-refractivity contribution in [2.24, 2.45) is 0 Å². The molecule has 0 saturated carbocycles. The molecule has 0 aliphatic rings. The number of carbonyl (C=O) groups excluding carboxylic acids is 2. The van der Waals surface area contributed by atoms with Crippen molar-refractivity contribution in [1.29, 1.82) is 0 Å². The third kappa shape index (κ3) is 3.13. The average Bonchev–Trinajstić information content (AvgIpc) is 2.41. The van der Waals surface area contributed by atoms with Gasteiger partial charge in [0.05, 0.1) is 24.7 Å². The van der Waals surface area contributed by atoms with E-state index >= 15 is 0 Å². The third-order valence-corrected chi connectivity index (χ3v) is 3.54. The minimum Gasteiger partial charge on any atom is -0.468 e. The maximum Gasteiger partial charge on any atom is 0.324 e. The number of halogens is 1. The number of nitro benzene ring substituents is 1. The molecule has 0 N–H and O–H groups in total. The Morgan fingerprint density at radius 3 is 2.15 bits per heavy atom. The maximum absolute atomic E-state index is 11.7. The van der Waals surface area contributed by atoms with Crippen LogP contribution in [0.4, 0.5) is 5.69 Å². The quantitative estimate of drug-likeness (QED) is 0.359. The molecule has 1 aromatic rings. The van der Waals surface area contributed by atoms with Crippen LogP contribution in [-0.4, -0.2) is 31.1 Å². The van der Waals surface area contributed by atoms with E-state index in [1.54, 1.807) is 6.92 Å². The Labute approximate surface area is 123 Å². The van der Waals surface area contributed by atoms with Crippen LogP contribution in [0, 0.1) is 17.0 Å². The van der Waals surface area contributed by atoms with Crippen molar-refractivity contribution in [2.75, 3.05) is 14.2 Å². The van der Waals surface area contributed by atoms with Gasteiger partial charge >= 0.3 is 11.9 Å². The molecule has 0 heterocycles. The summed E-state index contributed by atoms with van der Waals surface area (Å²) in [6.45, 7) is 1.66. The predicted octanol–water partition coefficient (Wildman–Crippen LogP) is 2.10. The average molecular weight is 346 g/mol.